The Morgan fingerprint density at radius 2 is 1.33 bits per heavy atom. The first-order valence-corrected chi connectivity index (χ1v) is 23.0. The van der Waals surface area contributed by atoms with E-state index in [-0.39, 0.29) is 30.9 Å². The van der Waals surface area contributed by atoms with Crippen LogP contribution in [0.2, 0.25) is 0 Å². The number of para-hydroxylation sites is 1. The van der Waals surface area contributed by atoms with Crippen LogP contribution in [0.25, 0.3) is 10.9 Å². The molecule has 366 valence electrons. The number of fused-ring (bicyclic) bond motifs is 1. The van der Waals surface area contributed by atoms with E-state index in [4.69, 9.17) is 4.74 Å². The zero-order valence-corrected chi connectivity index (χ0v) is 39.6. The minimum Gasteiger partial charge on any atom is -0.508 e. The van der Waals surface area contributed by atoms with Gasteiger partial charge < -0.3 is 57.2 Å². The van der Waals surface area contributed by atoms with Crippen LogP contribution in [0.1, 0.15) is 92.2 Å². The zero-order chi connectivity index (χ0) is 49.5. The number of cyclic esters (lactones) is 1. The SMILES string of the molecule is CC[C@H](C)[C@@H]1NC(=O)[C@H]([C@@H](C)O)NC(=O)[C@@H](Cc2c[nH]c3ccccc23)NC(=O)[C@@H](Cc2ccc(O)cc2)NC(=O)[C@@H](NC(=O)CNC(=O)CCCC(C)C)[C@@H](C)OC(=O)[C@H](C(C)C)NC1=O. The van der Waals surface area contributed by atoms with Crippen molar-refractivity contribution in [1.82, 2.24) is 42.2 Å². The predicted molar refractivity (Wildman–Crippen MR) is 249 cm³/mol. The van der Waals surface area contributed by atoms with Crippen molar-refractivity contribution in [3.05, 3.63) is 65.9 Å². The van der Waals surface area contributed by atoms with Crippen LogP contribution in [-0.2, 0) is 55.9 Å². The van der Waals surface area contributed by atoms with Crippen molar-refractivity contribution in [2.45, 2.75) is 142 Å². The van der Waals surface area contributed by atoms with Crippen molar-refractivity contribution in [2.75, 3.05) is 6.54 Å². The van der Waals surface area contributed by atoms with E-state index < -0.39 is 108 Å². The average molecular weight is 933 g/mol. The highest BCUT2D eigenvalue weighted by molar-refractivity contribution is 5.98. The third kappa shape index (κ3) is 15.5. The van der Waals surface area contributed by atoms with Gasteiger partial charge in [0.05, 0.1) is 12.6 Å². The number of hydrogen-bond acceptors (Lipinski definition) is 11. The van der Waals surface area contributed by atoms with E-state index in [9.17, 15) is 48.6 Å². The zero-order valence-electron chi connectivity index (χ0n) is 39.6. The van der Waals surface area contributed by atoms with Gasteiger partial charge in [0.2, 0.25) is 41.4 Å². The quantitative estimate of drug-likeness (QED) is 0.0976. The number of benzene rings is 2. The second kappa shape index (κ2) is 24.9. The number of carbonyl (C=O) groups excluding carboxylic acids is 8. The summed E-state index contributed by atoms with van der Waals surface area (Å²) in [6, 6.07) is 4.19. The van der Waals surface area contributed by atoms with Crippen LogP contribution in [0.3, 0.4) is 0 Å². The molecule has 1 fully saturated rings. The van der Waals surface area contributed by atoms with Gasteiger partial charge in [-0.25, -0.2) is 4.79 Å². The van der Waals surface area contributed by atoms with Gasteiger partial charge >= 0.3 is 5.97 Å². The maximum atomic E-state index is 14.6. The number of aliphatic hydroxyl groups excluding tert-OH is 1. The molecule has 67 heavy (non-hydrogen) atoms. The van der Waals surface area contributed by atoms with Gasteiger partial charge in [0.25, 0.3) is 0 Å². The number of amides is 7. The number of aliphatic hydroxyl groups is 1. The summed E-state index contributed by atoms with van der Waals surface area (Å²) >= 11 is 0. The van der Waals surface area contributed by atoms with Gasteiger partial charge in [-0.3, -0.25) is 33.6 Å². The molecule has 0 saturated carbocycles. The highest BCUT2D eigenvalue weighted by atomic mass is 16.5. The molecule has 3 aromatic rings. The summed E-state index contributed by atoms with van der Waals surface area (Å²) in [6.07, 6.45) is 0.301. The molecule has 0 spiro atoms. The van der Waals surface area contributed by atoms with E-state index in [1.165, 1.54) is 38.1 Å². The maximum Gasteiger partial charge on any atom is 0.329 e. The number of rotatable bonds is 15. The van der Waals surface area contributed by atoms with Crippen LogP contribution < -0.4 is 37.2 Å². The largest absolute Gasteiger partial charge is 0.508 e. The van der Waals surface area contributed by atoms with E-state index in [1.54, 1.807) is 40.0 Å². The fourth-order valence-electron chi connectivity index (χ4n) is 7.57. The Labute approximate surface area is 391 Å². The number of ether oxygens (including phenoxy) is 1. The summed E-state index contributed by atoms with van der Waals surface area (Å²) < 4.78 is 5.81. The standard InChI is InChI=1S/C48H68N8O11/c1-9-27(6)40-45(63)54-39(26(4)5)48(66)67-29(8)42(53-38(60)24-50-37(59)16-12-13-25(2)3)47(65)52-35(21-30-17-19-32(58)20-18-30)43(61)51-36(44(62)56-41(28(7)57)46(64)55-40)22-31-23-49-34-15-11-10-14-33(31)34/h10-11,14-15,17-20,23,25-29,35-36,39-42,49,57-58H,9,12-13,16,21-22,24H2,1-8H3,(H,50,59)(H,51,61)(H,52,65)(H,53,60)(H,54,63)(H,55,64)(H,56,62)/t27-,28+,29+,35+,36+,39-,40-,41-,42-/m0/s1. The van der Waals surface area contributed by atoms with Crippen molar-refractivity contribution in [3.8, 4) is 5.75 Å². The monoisotopic (exact) mass is 933 g/mol. The lowest BCUT2D eigenvalue weighted by molar-refractivity contribution is -0.157. The summed E-state index contributed by atoms with van der Waals surface area (Å²) in [4.78, 5) is 115. The van der Waals surface area contributed by atoms with Crippen LogP contribution >= 0.6 is 0 Å². The highest BCUT2D eigenvalue weighted by Gasteiger charge is 2.39. The second-order valence-electron chi connectivity index (χ2n) is 18.1. The minimum atomic E-state index is -1.68. The maximum absolute atomic E-state index is 14.6. The molecular weight excluding hydrogens is 865 g/mol. The van der Waals surface area contributed by atoms with E-state index in [2.05, 4.69) is 42.2 Å². The van der Waals surface area contributed by atoms with Crippen LogP contribution in [0.15, 0.2) is 54.7 Å². The first-order valence-electron chi connectivity index (χ1n) is 23.0. The molecule has 0 bridgehead atoms. The molecule has 0 radical (unpaired) electrons. The summed E-state index contributed by atoms with van der Waals surface area (Å²) in [5, 5.41) is 40.0. The lowest BCUT2D eigenvalue weighted by Gasteiger charge is -2.31. The Bertz CT molecular complexity index is 2210. The van der Waals surface area contributed by atoms with Crippen LogP contribution in [-0.4, -0.2) is 118 Å². The van der Waals surface area contributed by atoms with Gasteiger partial charge in [-0.05, 0) is 67.3 Å². The number of H-pyrrole nitrogens is 1. The van der Waals surface area contributed by atoms with E-state index in [0.717, 1.165) is 17.3 Å². The van der Waals surface area contributed by atoms with Gasteiger partial charge in [-0.1, -0.05) is 84.7 Å². The highest BCUT2D eigenvalue weighted by Crippen LogP contribution is 2.21. The molecule has 19 heteroatoms. The van der Waals surface area contributed by atoms with Crippen molar-refractivity contribution in [1.29, 1.82) is 0 Å². The lowest BCUT2D eigenvalue weighted by Crippen LogP contribution is -2.62. The van der Waals surface area contributed by atoms with Gasteiger partial charge in [-0.2, -0.15) is 0 Å². The molecule has 9 atom stereocenters. The molecular formula is C48H68N8O11. The van der Waals surface area contributed by atoms with Crippen molar-refractivity contribution < 1.29 is 53.3 Å². The molecule has 0 aliphatic carbocycles. The van der Waals surface area contributed by atoms with Crippen molar-refractivity contribution >= 4 is 58.2 Å². The fourth-order valence-corrected chi connectivity index (χ4v) is 7.57. The molecule has 1 aliphatic heterocycles. The smallest absolute Gasteiger partial charge is 0.329 e. The van der Waals surface area contributed by atoms with Crippen molar-refractivity contribution in [2.24, 2.45) is 17.8 Å². The van der Waals surface area contributed by atoms with Crippen molar-refractivity contribution in [3.63, 3.8) is 0 Å². The molecule has 10 N–H and O–H groups in total. The number of aromatic nitrogens is 1. The summed E-state index contributed by atoms with van der Waals surface area (Å²) in [5.41, 5.74) is 1.80. The molecule has 2 aromatic carbocycles. The molecule has 1 aliphatic rings. The molecule has 7 amide bonds. The second-order valence-corrected chi connectivity index (χ2v) is 18.1. The van der Waals surface area contributed by atoms with Gasteiger partial charge in [0.15, 0.2) is 0 Å². The first-order chi connectivity index (χ1) is 31.7. The summed E-state index contributed by atoms with van der Waals surface area (Å²) in [6.45, 7) is 12.9. The molecule has 19 nitrogen and oxygen atoms in total. The number of aromatic hydroxyl groups is 1. The van der Waals surface area contributed by atoms with E-state index in [0.29, 0.717) is 29.9 Å². The summed E-state index contributed by atoms with van der Waals surface area (Å²) in [7, 11) is 0. The Balaban J connectivity index is 1.82. The number of carbonyl (C=O) groups is 8. The molecule has 1 saturated heterocycles. The number of phenolic OH excluding ortho intramolecular Hbond substituents is 1. The number of hydrogen-bond donors (Lipinski definition) is 10. The number of esters is 1. The Morgan fingerprint density at radius 1 is 0.731 bits per heavy atom. The van der Waals surface area contributed by atoms with Gasteiger partial charge in [0, 0.05) is 36.4 Å². The number of phenols is 1. The third-order valence-electron chi connectivity index (χ3n) is 11.8. The Kier molecular flexibility index (Phi) is 19.7. The number of aromatic amines is 1. The van der Waals surface area contributed by atoms with Crippen LogP contribution in [0.5, 0.6) is 5.75 Å². The first kappa shape index (κ1) is 53.1. The molecule has 0 unspecified atom stereocenters. The molecule has 4 rings (SSSR count). The van der Waals surface area contributed by atoms with Gasteiger partial charge in [-0.15, -0.1) is 0 Å². The Morgan fingerprint density at radius 3 is 1.97 bits per heavy atom. The Hall–Kier alpha value is -6.50. The van der Waals surface area contributed by atoms with Crippen LogP contribution in [0.4, 0.5) is 0 Å². The van der Waals surface area contributed by atoms with Gasteiger partial charge in [0.1, 0.15) is 48.1 Å². The third-order valence-corrected chi connectivity index (χ3v) is 11.8. The van der Waals surface area contributed by atoms with E-state index >= 15 is 0 Å². The van der Waals surface area contributed by atoms with Crippen LogP contribution in [0, 0.1) is 17.8 Å². The van der Waals surface area contributed by atoms with E-state index in [1.807, 2.05) is 32.0 Å². The molecule has 2 heterocycles. The normalized spacial score (nSPS) is 23.6. The number of nitrogens with one attached hydrogen (secondary N) is 8. The minimum absolute atomic E-state index is 0.0679. The topological polar surface area (TPSA) is 286 Å². The predicted octanol–water partition coefficient (Wildman–Crippen LogP) is 1.54. The molecule has 1 aromatic heterocycles. The summed E-state index contributed by atoms with van der Waals surface area (Å²) in [5.74, 6) is -7.46. The average Bonchev–Trinajstić information content (AvgIpc) is 3.68. The fraction of sp³-hybridized carbons (Fsp3) is 0.542. The lowest BCUT2D eigenvalue weighted by atomic mass is 9.96.